The van der Waals surface area contributed by atoms with Gasteiger partial charge in [0.15, 0.2) is 0 Å². The fraction of sp³-hybridized carbons (Fsp3) is 0.941. The highest BCUT2D eigenvalue weighted by Gasteiger charge is 2.35. The smallest absolute Gasteiger partial charge is 0.220 e. The summed E-state index contributed by atoms with van der Waals surface area (Å²) >= 11 is 0. The van der Waals surface area contributed by atoms with E-state index in [4.69, 9.17) is 5.73 Å². The maximum absolute atomic E-state index is 11.3. The van der Waals surface area contributed by atoms with Crippen LogP contribution in [0.1, 0.15) is 64.2 Å². The quantitative estimate of drug-likeness (QED) is 0.742. The van der Waals surface area contributed by atoms with E-state index in [1.807, 2.05) is 0 Å². The van der Waals surface area contributed by atoms with Crippen molar-refractivity contribution in [2.45, 2.75) is 82.3 Å². The van der Waals surface area contributed by atoms with Crippen LogP contribution in [0, 0.1) is 11.8 Å². The van der Waals surface area contributed by atoms with Crippen molar-refractivity contribution in [2.24, 2.45) is 17.6 Å². The van der Waals surface area contributed by atoms with E-state index in [0.717, 1.165) is 37.6 Å². The fourth-order valence-electron chi connectivity index (χ4n) is 4.77. The van der Waals surface area contributed by atoms with Gasteiger partial charge >= 0.3 is 0 Å². The molecule has 0 bridgehead atoms. The molecule has 3 aliphatic rings. The summed E-state index contributed by atoms with van der Waals surface area (Å²) in [6.45, 7) is 1.21. The number of nitrogens with two attached hydrogens (primary N) is 1. The molecule has 0 spiro atoms. The summed E-state index contributed by atoms with van der Waals surface area (Å²) < 4.78 is 0. The van der Waals surface area contributed by atoms with Crippen molar-refractivity contribution in [3.05, 3.63) is 0 Å². The lowest BCUT2D eigenvalue weighted by atomic mass is 9.78. The van der Waals surface area contributed by atoms with Gasteiger partial charge in [-0.3, -0.25) is 4.79 Å². The normalized spacial score (nSPS) is 41.0. The van der Waals surface area contributed by atoms with Crippen LogP contribution in [-0.4, -0.2) is 30.6 Å². The molecule has 0 aromatic rings. The third-order valence-electron chi connectivity index (χ3n) is 6.01. The summed E-state index contributed by atoms with van der Waals surface area (Å²) in [7, 11) is 0. The summed E-state index contributed by atoms with van der Waals surface area (Å²) in [5.74, 6) is 0.843. The van der Waals surface area contributed by atoms with Crippen LogP contribution in [0.15, 0.2) is 0 Å². The van der Waals surface area contributed by atoms with E-state index < -0.39 is 0 Å². The Morgan fingerprint density at radius 1 is 0.952 bits per heavy atom. The number of nitrogens with one attached hydrogen (secondary N) is 2. The predicted molar refractivity (Wildman–Crippen MR) is 84.8 cm³/mol. The molecule has 2 saturated carbocycles. The number of amides is 1. The Hall–Kier alpha value is -0.610. The highest BCUT2D eigenvalue weighted by atomic mass is 16.1. The van der Waals surface area contributed by atoms with Gasteiger partial charge < -0.3 is 16.4 Å². The van der Waals surface area contributed by atoms with E-state index in [2.05, 4.69) is 10.6 Å². The molecule has 0 aromatic heterocycles. The maximum Gasteiger partial charge on any atom is 0.220 e. The zero-order valence-electron chi connectivity index (χ0n) is 13.2. The minimum Gasteiger partial charge on any atom is -0.369 e. The van der Waals surface area contributed by atoms with Gasteiger partial charge in [0.1, 0.15) is 0 Å². The van der Waals surface area contributed by atoms with Crippen molar-refractivity contribution in [3.8, 4) is 0 Å². The molecule has 3 unspecified atom stereocenters. The first-order valence-electron chi connectivity index (χ1n) is 9.03. The first-order chi connectivity index (χ1) is 10.2. The van der Waals surface area contributed by atoms with Crippen LogP contribution in [0.5, 0.6) is 0 Å². The van der Waals surface area contributed by atoms with Crippen molar-refractivity contribution in [3.63, 3.8) is 0 Å². The van der Waals surface area contributed by atoms with E-state index in [1.54, 1.807) is 0 Å². The van der Waals surface area contributed by atoms with Crippen LogP contribution in [0.25, 0.3) is 0 Å². The zero-order chi connectivity index (χ0) is 14.7. The van der Waals surface area contributed by atoms with Crippen LogP contribution < -0.4 is 16.4 Å². The number of primary amides is 1. The highest BCUT2D eigenvalue weighted by molar-refractivity contribution is 5.76. The van der Waals surface area contributed by atoms with E-state index in [0.29, 0.717) is 12.1 Å². The molecule has 3 rings (SSSR count). The molecule has 1 aliphatic heterocycles. The standard InChI is InChI=1S/C17H31N3O/c18-17(21)12-7-9-13(10-8-12)20-16-5-2-1-4-14(16)15-6-3-11-19-15/h12-16,19-20H,1-11H2,(H2,18,21). The molecule has 4 heteroatoms. The number of hydrogen-bond acceptors (Lipinski definition) is 3. The van der Waals surface area contributed by atoms with Crippen molar-refractivity contribution in [2.75, 3.05) is 6.54 Å². The lowest BCUT2D eigenvalue weighted by molar-refractivity contribution is -0.122. The number of rotatable bonds is 4. The Kier molecular flexibility index (Phi) is 5.17. The van der Waals surface area contributed by atoms with Gasteiger partial charge in [0.05, 0.1) is 0 Å². The average molecular weight is 293 g/mol. The molecular formula is C17H31N3O. The Balaban J connectivity index is 1.51. The molecule has 1 saturated heterocycles. The van der Waals surface area contributed by atoms with E-state index in [-0.39, 0.29) is 11.8 Å². The minimum atomic E-state index is -0.0980. The minimum absolute atomic E-state index is 0.0980. The molecular weight excluding hydrogens is 262 g/mol. The van der Waals surface area contributed by atoms with Gasteiger partial charge in [0.2, 0.25) is 5.91 Å². The lowest BCUT2D eigenvalue weighted by Gasteiger charge is -2.40. The first kappa shape index (κ1) is 15.3. The Bertz CT molecular complexity index is 346. The summed E-state index contributed by atoms with van der Waals surface area (Å²) in [4.78, 5) is 11.3. The van der Waals surface area contributed by atoms with Crippen LogP contribution in [0.3, 0.4) is 0 Å². The second kappa shape index (κ2) is 7.10. The first-order valence-corrected chi connectivity index (χ1v) is 9.03. The predicted octanol–water partition coefficient (Wildman–Crippen LogP) is 1.93. The third-order valence-corrected chi connectivity index (χ3v) is 6.01. The van der Waals surface area contributed by atoms with Crippen LogP contribution in [0.4, 0.5) is 0 Å². The summed E-state index contributed by atoms with van der Waals surface area (Å²) in [5, 5.41) is 7.67. The SMILES string of the molecule is NC(=O)C1CCC(NC2CCCCC2C2CCCN2)CC1. The van der Waals surface area contributed by atoms with Gasteiger partial charge in [0.25, 0.3) is 0 Å². The van der Waals surface area contributed by atoms with Crippen LogP contribution in [0.2, 0.25) is 0 Å². The molecule has 3 fully saturated rings. The highest BCUT2D eigenvalue weighted by Crippen LogP contribution is 2.32. The van der Waals surface area contributed by atoms with Gasteiger partial charge in [-0.15, -0.1) is 0 Å². The van der Waals surface area contributed by atoms with E-state index >= 15 is 0 Å². The largest absolute Gasteiger partial charge is 0.369 e. The Morgan fingerprint density at radius 2 is 1.71 bits per heavy atom. The molecule has 21 heavy (non-hydrogen) atoms. The van der Waals surface area contributed by atoms with Crippen molar-refractivity contribution in [1.82, 2.24) is 10.6 Å². The molecule has 4 N–H and O–H groups in total. The number of carbonyl (C=O) groups is 1. The van der Waals surface area contributed by atoms with Crippen molar-refractivity contribution < 1.29 is 4.79 Å². The summed E-state index contributed by atoms with van der Waals surface area (Å²) in [5.41, 5.74) is 5.43. The van der Waals surface area contributed by atoms with Crippen molar-refractivity contribution in [1.29, 1.82) is 0 Å². The second-order valence-corrected chi connectivity index (χ2v) is 7.38. The summed E-state index contributed by atoms with van der Waals surface area (Å²) in [6, 6.07) is 2.03. The summed E-state index contributed by atoms with van der Waals surface area (Å²) in [6.07, 6.45) is 12.4. The Labute approximate surface area is 128 Å². The van der Waals surface area contributed by atoms with Crippen LogP contribution >= 0.6 is 0 Å². The molecule has 3 atom stereocenters. The molecule has 120 valence electrons. The van der Waals surface area contributed by atoms with E-state index in [9.17, 15) is 4.79 Å². The fourth-order valence-corrected chi connectivity index (χ4v) is 4.77. The lowest BCUT2D eigenvalue weighted by Crippen LogP contribution is -2.51. The van der Waals surface area contributed by atoms with Gasteiger partial charge in [0, 0.05) is 24.0 Å². The zero-order valence-corrected chi connectivity index (χ0v) is 13.2. The maximum atomic E-state index is 11.3. The molecule has 2 aliphatic carbocycles. The van der Waals surface area contributed by atoms with E-state index in [1.165, 1.54) is 45.1 Å². The van der Waals surface area contributed by atoms with Gasteiger partial charge in [-0.2, -0.15) is 0 Å². The average Bonchev–Trinajstić information content (AvgIpc) is 3.02. The topological polar surface area (TPSA) is 67.2 Å². The molecule has 1 amide bonds. The molecule has 1 heterocycles. The number of carbonyl (C=O) groups excluding carboxylic acids is 1. The molecule has 4 nitrogen and oxygen atoms in total. The monoisotopic (exact) mass is 293 g/mol. The third kappa shape index (κ3) is 3.78. The van der Waals surface area contributed by atoms with Crippen molar-refractivity contribution >= 4 is 5.91 Å². The molecule has 0 radical (unpaired) electrons. The number of hydrogen-bond donors (Lipinski definition) is 3. The van der Waals surface area contributed by atoms with Gasteiger partial charge in [-0.05, 0) is 63.8 Å². The Morgan fingerprint density at radius 3 is 2.38 bits per heavy atom. The second-order valence-electron chi connectivity index (χ2n) is 7.38. The van der Waals surface area contributed by atoms with Gasteiger partial charge in [-0.1, -0.05) is 12.8 Å². The van der Waals surface area contributed by atoms with Crippen LogP contribution in [-0.2, 0) is 4.79 Å². The van der Waals surface area contributed by atoms with Gasteiger partial charge in [-0.25, -0.2) is 0 Å². The molecule has 0 aromatic carbocycles.